The molecule has 2 heterocycles. The van der Waals surface area contributed by atoms with Gasteiger partial charge in [-0.25, -0.2) is 4.79 Å². The summed E-state index contributed by atoms with van der Waals surface area (Å²) in [5.74, 6) is -0.603. The average molecular weight is 320 g/mol. The number of hydrogen-bond donors (Lipinski definition) is 1. The number of carbonyl (C=O) groups is 2. The van der Waals surface area contributed by atoms with Gasteiger partial charge in [0.1, 0.15) is 0 Å². The van der Waals surface area contributed by atoms with E-state index >= 15 is 0 Å². The number of methoxy groups -OCH3 is 1. The van der Waals surface area contributed by atoms with E-state index in [1.807, 2.05) is 0 Å². The van der Waals surface area contributed by atoms with Crippen LogP contribution in [0.3, 0.4) is 0 Å². The highest BCUT2D eigenvalue weighted by Gasteiger charge is 2.28. The number of halogens is 1. The first-order valence-corrected chi connectivity index (χ1v) is 7.18. The van der Waals surface area contributed by atoms with E-state index in [1.54, 1.807) is 29.2 Å². The van der Waals surface area contributed by atoms with E-state index in [0.29, 0.717) is 35.8 Å². The number of fused-ring (bicyclic) bond motifs is 1. The number of aromatic amines is 1. The lowest BCUT2D eigenvalue weighted by Gasteiger charge is -2.27. The van der Waals surface area contributed by atoms with Crippen molar-refractivity contribution in [3.8, 4) is 0 Å². The fourth-order valence-corrected chi connectivity index (χ4v) is 2.78. The maximum Gasteiger partial charge on any atom is 0.358 e. The lowest BCUT2D eigenvalue weighted by molar-refractivity contribution is 0.0592. The van der Waals surface area contributed by atoms with Crippen LogP contribution in [0, 0.1) is 0 Å². The van der Waals surface area contributed by atoms with Gasteiger partial charge in [0.05, 0.1) is 29.9 Å². The molecule has 114 valence electrons. The minimum atomic E-state index is -0.469. The first-order chi connectivity index (χ1) is 10.6. The van der Waals surface area contributed by atoms with Gasteiger partial charge in [-0.3, -0.25) is 9.89 Å². The second kappa shape index (κ2) is 5.81. The lowest BCUT2D eigenvalue weighted by atomic mass is 10.0. The van der Waals surface area contributed by atoms with Gasteiger partial charge in [-0.2, -0.15) is 5.10 Å². The number of esters is 1. The maximum absolute atomic E-state index is 12.5. The highest BCUT2D eigenvalue weighted by atomic mass is 35.5. The molecule has 0 radical (unpaired) electrons. The Kier molecular flexibility index (Phi) is 3.85. The molecule has 0 atom stereocenters. The summed E-state index contributed by atoms with van der Waals surface area (Å²) in [5, 5.41) is 7.23. The second-order valence-corrected chi connectivity index (χ2v) is 5.38. The number of hydrogen-bond acceptors (Lipinski definition) is 4. The quantitative estimate of drug-likeness (QED) is 0.860. The molecular weight excluding hydrogens is 306 g/mol. The molecular formula is C15H14ClN3O3. The number of nitrogens with zero attached hydrogens (tertiary/aromatic N) is 2. The Bertz CT molecular complexity index is 741. The molecule has 0 bridgehead atoms. The molecule has 1 aromatic heterocycles. The predicted octanol–water partition coefficient (Wildman–Crippen LogP) is 2.05. The summed E-state index contributed by atoms with van der Waals surface area (Å²) in [5.41, 5.74) is 2.34. The van der Waals surface area contributed by atoms with Gasteiger partial charge in [-0.15, -0.1) is 0 Å². The van der Waals surface area contributed by atoms with E-state index in [9.17, 15) is 9.59 Å². The molecule has 1 amide bonds. The van der Waals surface area contributed by atoms with Crippen LogP contribution in [-0.4, -0.2) is 40.6 Å². The molecule has 1 aliphatic heterocycles. The number of ether oxygens (including phenoxy) is 1. The van der Waals surface area contributed by atoms with Gasteiger partial charge in [-0.1, -0.05) is 23.7 Å². The molecule has 1 aliphatic rings. The smallest absolute Gasteiger partial charge is 0.358 e. The third-order valence-electron chi connectivity index (χ3n) is 3.70. The monoisotopic (exact) mass is 319 g/mol. The van der Waals surface area contributed by atoms with Crippen LogP contribution in [0.4, 0.5) is 0 Å². The fraction of sp³-hybridized carbons (Fsp3) is 0.267. The Balaban J connectivity index is 1.83. The second-order valence-electron chi connectivity index (χ2n) is 4.98. The molecule has 2 aromatic rings. The van der Waals surface area contributed by atoms with E-state index in [1.165, 1.54) is 7.11 Å². The number of H-pyrrole nitrogens is 1. The normalized spacial score (nSPS) is 13.6. The molecule has 3 rings (SSSR count). The van der Waals surface area contributed by atoms with Crippen molar-refractivity contribution in [2.24, 2.45) is 0 Å². The minimum Gasteiger partial charge on any atom is -0.464 e. The number of aromatic nitrogens is 2. The molecule has 0 aliphatic carbocycles. The molecule has 0 saturated heterocycles. The van der Waals surface area contributed by atoms with Crippen molar-refractivity contribution >= 4 is 23.5 Å². The van der Waals surface area contributed by atoms with Crippen LogP contribution in [0.2, 0.25) is 5.02 Å². The van der Waals surface area contributed by atoms with E-state index in [0.717, 1.165) is 11.3 Å². The van der Waals surface area contributed by atoms with Gasteiger partial charge in [0, 0.05) is 12.1 Å². The van der Waals surface area contributed by atoms with Crippen molar-refractivity contribution in [1.82, 2.24) is 15.1 Å². The van der Waals surface area contributed by atoms with Crippen LogP contribution in [0.1, 0.15) is 32.1 Å². The molecule has 0 saturated carbocycles. The van der Waals surface area contributed by atoms with E-state index in [-0.39, 0.29) is 5.91 Å². The Hall–Kier alpha value is -2.34. The number of rotatable bonds is 2. The summed E-state index contributed by atoms with van der Waals surface area (Å²) < 4.78 is 4.70. The summed E-state index contributed by atoms with van der Waals surface area (Å²) in [6.45, 7) is 0.865. The zero-order chi connectivity index (χ0) is 15.7. The van der Waals surface area contributed by atoms with Gasteiger partial charge in [0.15, 0.2) is 5.69 Å². The van der Waals surface area contributed by atoms with Crippen molar-refractivity contribution in [2.45, 2.75) is 13.0 Å². The topological polar surface area (TPSA) is 75.3 Å². The van der Waals surface area contributed by atoms with Gasteiger partial charge >= 0.3 is 5.97 Å². The Morgan fingerprint density at radius 3 is 2.86 bits per heavy atom. The van der Waals surface area contributed by atoms with Crippen molar-refractivity contribution < 1.29 is 14.3 Å². The van der Waals surface area contributed by atoms with Crippen LogP contribution in [0.15, 0.2) is 24.3 Å². The van der Waals surface area contributed by atoms with E-state index in [4.69, 9.17) is 16.3 Å². The SMILES string of the molecule is COC(=O)c1n[nH]c2c1CCN(C(=O)c1ccccc1Cl)C2. The highest BCUT2D eigenvalue weighted by Crippen LogP contribution is 2.24. The van der Waals surface area contributed by atoms with Crippen molar-refractivity contribution in [1.29, 1.82) is 0 Å². The number of benzene rings is 1. The van der Waals surface area contributed by atoms with E-state index in [2.05, 4.69) is 10.2 Å². The Labute approximate surface area is 132 Å². The first kappa shape index (κ1) is 14.6. The van der Waals surface area contributed by atoms with Crippen LogP contribution in [0.5, 0.6) is 0 Å². The number of amides is 1. The summed E-state index contributed by atoms with van der Waals surface area (Å²) in [7, 11) is 1.32. The average Bonchev–Trinajstić information content (AvgIpc) is 2.97. The van der Waals surface area contributed by atoms with Crippen LogP contribution in [0.25, 0.3) is 0 Å². The first-order valence-electron chi connectivity index (χ1n) is 6.80. The Morgan fingerprint density at radius 1 is 1.36 bits per heavy atom. The minimum absolute atomic E-state index is 0.134. The lowest BCUT2D eigenvalue weighted by Crippen LogP contribution is -2.36. The standard InChI is InChI=1S/C15H14ClN3O3/c1-22-15(21)13-10-6-7-19(8-12(10)17-18-13)14(20)9-4-2-3-5-11(9)16/h2-5H,6-8H2,1H3,(H,17,18). The van der Waals surface area contributed by atoms with Gasteiger partial charge in [-0.05, 0) is 18.6 Å². The maximum atomic E-state index is 12.5. The van der Waals surface area contributed by atoms with Crippen LogP contribution >= 0.6 is 11.6 Å². The number of carbonyl (C=O) groups excluding carboxylic acids is 2. The summed E-state index contributed by atoms with van der Waals surface area (Å²) >= 11 is 6.07. The van der Waals surface area contributed by atoms with Gasteiger partial charge < -0.3 is 9.64 Å². The van der Waals surface area contributed by atoms with Crippen molar-refractivity contribution in [3.05, 3.63) is 51.8 Å². The zero-order valence-corrected chi connectivity index (χ0v) is 12.7. The largest absolute Gasteiger partial charge is 0.464 e. The molecule has 0 spiro atoms. The molecule has 6 nitrogen and oxygen atoms in total. The van der Waals surface area contributed by atoms with Gasteiger partial charge in [0.25, 0.3) is 5.91 Å². The third kappa shape index (κ3) is 2.46. The molecule has 22 heavy (non-hydrogen) atoms. The fourth-order valence-electron chi connectivity index (χ4n) is 2.56. The molecule has 7 heteroatoms. The van der Waals surface area contributed by atoms with Gasteiger partial charge in [0.2, 0.25) is 0 Å². The molecule has 1 N–H and O–H groups in total. The summed E-state index contributed by atoms with van der Waals surface area (Å²) in [6, 6.07) is 6.95. The number of nitrogens with one attached hydrogen (secondary N) is 1. The van der Waals surface area contributed by atoms with Crippen molar-refractivity contribution in [3.63, 3.8) is 0 Å². The van der Waals surface area contributed by atoms with Crippen LogP contribution < -0.4 is 0 Å². The zero-order valence-electron chi connectivity index (χ0n) is 11.9. The molecule has 0 fully saturated rings. The summed E-state index contributed by atoms with van der Waals surface area (Å²) in [4.78, 5) is 25.9. The van der Waals surface area contributed by atoms with Crippen molar-refractivity contribution in [2.75, 3.05) is 13.7 Å². The third-order valence-corrected chi connectivity index (χ3v) is 4.03. The van der Waals surface area contributed by atoms with E-state index < -0.39 is 5.97 Å². The molecule has 1 aromatic carbocycles. The molecule has 0 unspecified atom stereocenters. The highest BCUT2D eigenvalue weighted by molar-refractivity contribution is 6.33. The predicted molar refractivity (Wildman–Crippen MR) is 79.8 cm³/mol. The Morgan fingerprint density at radius 2 is 2.14 bits per heavy atom. The summed E-state index contributed by atoms with van der Waals surface area (Å²) in [6.07, 6.45) is 0.548. The van der Waals surface area contributed by atoms with Crippen LogP contribution in [-0.2, 0) is 17.7 Å².